The largest absolute Gasteiger partial charge is 0.507 e. The van der Waals surface area contributed by atoms with Gasteiger partial charge in [-0.05, 0) is 62.0 Å². The molecule has 1 aromatic rings. The molecule has 1 aliphatic rings. The summed E-state index contributed by atoms with van der Waals surface area (Å²) in [6.45, 7) is 4.02. The minimum Gasteiger partial charge on any atom is -0.507 e. The molecule has 0 aliphatic carbocycles. The van der Waals surface area contributed by atoms with Crippen LogP contribution in [0, 0.1) is 12.8 Å². The summed E-state index contributed by atoms with van der Waals surface area (Å²) < 4.78 is 0. The lowest BCUT2D eigenvalue weighted by Crippen LogP contribution is -2.10. The number of hydrogen-bond donors (Lipinski definition) is 2. The highest BCUT2D eigenvalue weighted by Gasteiger charge is 2.17. The molecule has 1 fully saturated rings. The molecule has 1 atom stereocenters. The third-order valence-corrected chi connectivity index (χ3v) is 3.23. The van der Waals surface area contributed by atoms with Gasteiger partial charge in [0, 0.05) is 5.02 Å². The molecular formula is C12H16ClNO. The number of rotatable bonds is 2. The van der Waals surface area contributed by atoms with Crippen LogP contribution in [-0.2, 0) is 6.42 Å². The van der Waals surface area contributed by atoms with Gasteiger partial charge in [-0.2, -0.15) is 0 Å². The zero-order valence-corrected chi connectivity index (χ0v) is 9.64. The first-order valence-electron chi connectivity index (χ1n) is 5.35. The van der Waals surface area contributed by atoms with Crippen molar-refractivity contribution in [3.05, 3.63) is 28.3 Å². The molecule has 2 N–H and O–H groups in total. The van der Waals surface area contributed by atoms with E-state index in [2.05, 4.69) is 5.32 Å². The van der Waals surface area contributed by atoms with E-state index in [0.717, 1.165) is 30.6 Å². The molecule has 0 spiro atoms. The van der Waals surface area contributed by atoms with Gasteiger partial charge >= 0.3 is 0 Å². The second-order valence-corrected chi connectivity index (χ2v) is 4.73. The molecule has 0 aromatic heterocycles. The Kier molecular flexibility index (Phi) is 3.17. The molecule has 0 bridgehead atoms. The lowest BCUT2D eigenvalue weighted by molar-refractivity contribution is 0.455. The van der Waals surface area contributed by atoms with Crippen LogP contribution in [0.5, 0.6) is 5.75 Å². The summed E-state index contributed by atoms with van der Waals surface area (Å²) in [6, 6.07) is 3.68. The molecule has 0 radical (unpaired) electrons. The molecule has 3 heteroatoms. The van der Waals surface area contributed by atoms with Crippen LogP contribution in [0.25, 0.3) is 0 Å². The summed E-state index contributed by atoms with van der Waals surface area (Å²) in [5, 5.41) is 13.9. The molecule has 1 heterocycles. The number of hydrogen-bond acceptors (Lipinski definition) is 2. The van der Waals surface area contributed by atoms with Crippen LogP contribution in [0.2, 0.25) is 5.02 Å². The van der Waals surface area contributed by atoms with E-state index < -0.39 is 0 Å². The Morgan fingerprint density at radius 3 is 3.00 bits per heavy atom. The van der Waals surface area contributed by atoms with Crippen LogP contribution in [-0.4, -0.2) is 18.2 Å². The lowest BCUT2D eigenvalue weighted by atomic mass is 9.96. The summed E-state index contributed by atoms with van der Waals surface area (Å²) >= 11 is 5.98. The van der Waals surface area contributed by atoms with E-state index in [0.29, 0.717) is 16.7 Å². The van der Waals surface area contributed by atoms with Crippen LogP contribution in [0.3, 0.4) is 0 Å². The first kappa shape index (κ1) is 10.8. The number of phenols is 1. The topological polar surface area (TPSA) is 32.3 Å². The molecule has 1 aliphatic heterocycles. The Morgan fingerprint density at radius 1 is 1.53 bits per heavy atom. The number of benzene rings is 1. The maximum absolute atomic E-state index is 9.90. The van der Waals surface area contributed by atoms with E-state index in [1.807, 2.05) is 13.0 Å². The second kappa shape index (κ2) is 4.42. The van der Waals surface area contributed by atoms with E-state index >= 15 is 0 Å². The van der Waals surface area contributed by atoms with Gasteiger partial charge in [0.2, 0.25) is 0 Å². The predicted octanol–water partition coefficient (Wildman–Crippen LogP) is 2.51. The summed E-state index contributed by atoms with van der Waals surface area (Å²) in [7, 11) is 0. The van der Waals surface area contributed by atoms with Gasteiger partial charge in [-0.3, -0.25) is 0 Å². The van der Waals surface area contributed by atoms with Crippen LogP contribution >= 0.6 is 11.6 Å². The standard InChI is InChI=1S/C12H16ClNO/c1-8-4-11(13)6-10(12(8)15)5-9-2-3-14-7-9/h4,6,9,14-15H,2-3,5,7H2,1H3. The Labute approximate surface area is 95.3 Å². The van der Waals surface area contributed by atoms with Gasteiger partial charge in [0.1, 0.15) is 5.75 Å². The van der Waals surface area contributed by atoms with Gasteiger partial charge in [-0.1, -0.05) is 11.6 Å². The fraction of sp³-hybridized carbons (Fsp3) is 0.500. The molecule has 15 heavy (non-hydrogen) atoms. The molecule has 1 unspecified atom stereocenters. The molecular weight excluding hydrogens is 210 g/mol. The number of halogens is 1. The molecule has 0 amide bonds. The summed E-state index contributed by atoms with van der Waals surface area (Å²) in [4.78, 5) is 0. The molecule has 1 saturated heterocycles. The minimum absolute atomic E-state index is 0.409. The molecule has 1 aromatic carbocycles. The number of aryl methyl sites for hydroxylation is 1. The predicted molar refractivity (Wildman–Crippen MR) is 62.5 cm³/mol. The van der Waals surface area contributed by atoms with Crippen molar-refractivity contribution < 1.29 is 5.11 Å². The van der Waals surface area contributed by atoms with Gasteiger partial charge in [0.25, 0.3) is 0 Å². The molecule has 0 saturated carbocycles. The highest BCUT2D eigenvalue weighted by Crippen LogP contribution is 2.29. The lowest BCUT2D eigenvalue weighted by Gasteiger charge is -2.12. The van der Waals surface area contributed by atoms with Crippen LogP contribution in [0.1, 0.15) is 17.5 Å². The maximum atomic E-state index is 9.90. The minimum atomic E-state index is 0.409. The zero-order valence-electron chi connectivity index (χ0n) is 8.89. The second-order valence-electron chi connectivity index (χ2n) is 4.29. The Balaban J connectivity index is 2.19. The highest BCUT2D eigenvalue weighted by molar-refractivity contribution is 6.30. The SMILES string of the molecule is Cc1cc(Cl)cc(CC2CCNC2)c1O. The summed E-state index contributed by atoms with van der Waals surface area (Å²) in [5.74, 6) is 1.04. The van der Waals surface area contributed by atoms with Crippen LogP contribution in [0.4, 0.5) is 0 Å². The first-order chi connectivity index (χ1) is 7.16. The van der Waals surface area contributed by atoms with Crippen molar-refractivity contribution in [3.8, 4) is 5.75 Å². The van der Waals surface area contributed by atoms with E-state index in [9.17, 15) is 5.11 Å². The number of phenolic OH excluding ortho intramolecular Hbond substituents is 1. The molecule has 2 nitrogen and oxygen atoms in total. The van der Waals surface area contributed by atoms with Gasteiger partial charge in [0.05, 0.1) is 0 Å². The van der Waals surface area contributed by atoms with E-state index in [4.69, 9.17) is 11.6 Å². The highest BCUT2D eigenvalue weighted by atomic mass is 35.5. The van der Waals surface area contributed by atoms with Gasteiger partial charge in [0.15, 0.2) is 0 Å². The van der Waals surface area contributed by atoms with Crippen molar-refractivity contribution in [1.29, 1.82) is 0 Å². The Bertz CT molecular complexity index is 359. The van der Waals surface area contributed by atoms with E-state index in [1.54, 1.807) is 6.07 Å². The van der Waals surface area contributed by atoms with Crippen LogP contribution < -0.4 is 5.32 Å². The van der Waals surface area contributed by atoms with Crippen LogP contribution in [0.15, 0.2) is 12.1 Å². The quantitative estimate of drug-likeness (QED) is 0.811. The van der Waals surface area contributed by atoms with E-state index in [1.165, 1.54) is 6.42 Å². The third kappa shape index (κ3) is 2.44. The van der Waals surface area contributed by atoms with Gasteiger partial charge in [-0.25, -0.2) is 0 Å². The van der Waals surface area contributed by atoms with Crippen molar-refractivity contribution in [2.45, 2.75) is 19.8 Å². The van der Waals surface area contributed by atoms with E-state index in [-0.39, 0.29) is 0 Å². The van der Waals surface area contributed by atoms with Crippen molar-refractivity contribution in [3.63, 3.8) is 0 Å². The normalized spacial score (nSPS) is 20.8. The zero-order chi connectivity index (χ0) is 10.8. The maximum Gasteiger partial charge on any atom is 0.121 e. The van der Waals surface area contributed by atoms with Gasteiger partial charge < -0.3 is 10.4 Å². The number of nitrogens with one attached hydrogen (secondary N) is 1. The smallest absolute Gasteiger partial charge is 0.121 e. The monoisotopic (exact) mass is 225 g/mol. The van der Waals surface area contributed by atoms with Crippen molar-refractivity contribution in [1.82, 2.24) is 5.32 Å². The van der Waals surface area contributed by atoms with Gasteiger partial charge in [-0.15, -0.1) is 0 Å². The average Bonchev–Trinajstić information content (AvgIpc) is 2.66. The third-order valence-electron chi connectivity index (χ3n) is 3.02. The summed E-state index contributed by atoms with van der Waals surface area (Å²) in [5.41, 5.74) is 1.84. The average molecular weight is 226 g/mol. The fourth-order valence-corrected chi connectivity index (χ4v) is 2.46. The number of aromatic hydroxyl groups is 1. The fourth-order valence-electron chi connectivity index (χ4n) is 2.16. The Hall–Kier alpha value is -0.730. The van der Waals surface area contributed by atoms with Crippen molar-refractivity contribution in [2.24, 2.45) is 5.92 Å². The first-order valence-corrected chi connectivity index (χ1v) is 5.73. The molecule has 82 valence electrons. The Morgan fingerprint density at radius 2 is 2.33 bits per heavy atom. The summed E-state index contributed by atoms with van der Waals surface area (Å²) in [6.07, 6.45) is 2.10. The van der Waals surface area contributed by atoms with Crippen molar-refractivity contribution >= 4 is 11.6 Å². The van der Waals surface area contributed by atoms with Crippen molar-refractivity contribution in [2.75, 3.05) is 13.1 Å². The molecule has 2 rings (SSSR count).